The van der Waals surface area contributed by atoms with Crippen molar-refractivity contribution in [2.75, 3.05) is 6.54 Å². The van der Waals surface area contributed by atoms with E-state index in [9.17, 15) is 23.9 Å². The number of pyridine rings is 2. The van der Waals surface area contributed by atoms with Crippen LogP contribution >= 0.6 is 0 Å². The van der Waals surface area contributed by atoms with Gasteiger partial charge in [0.1, 0.15) is 19.0 Å². The molecule has 4 aromatic rings. The fourth-order valence-corrected chi connectivity index (χ4v) is 6.33. The Morgan fingerprint density at radius 1 is 1.19 bits per heavy atom. The zero-order valence-corrected chi connectivity index (χ0v) is 23.1. The number of hydrogen-bond donors (Lipinski definition) is 1. The van der Waals surface area contributed by atoms with Gasteiger partial charge in [0.05, 0.1) is 35.1 Å². The Morgan fingerprint density at radius 3 is 2.69 bits per heavy atom. The summed E-state index contributed by atoms with van der Waals surface area (Å²) in [4.78, 5) is 46.0. The number of fused-ring (bicyclic) bond motifs is 5. The van der Waals surface area contributed by atoms with Crippen LogP contribution in [-0.4, -0.2) is 38.2 Å². The number of aliphatic hydroxyl groups is 1. The Balaban J connectivity index is 1.36. The molecule has 2 aromatic carbocycles. The van der Waals surface area contributed by atoms with Crippen LogP contribution in [-0.2, 0) is 39.6 Å². The third-order valence-corrected chi connectivity index (χ3v) is 8.80. The van der Waals surface area contributed by atoms with Crippen LogP contribution in [0.1, 0.15) is 59.2 Å². The second-order valence-corrected chi connectivity index (χ2v) is 11.1. The number of benzene rings is 2. The lowest BCUT2D eigenvalue weighted by molar-refractivity contribution is -0.172. The number of rotatable bonds is 4. The van der Waals surface area contributed by atoms with Crippen molar-refractivity contribution in [3.8, 4) is 11.4 Å². The third-order valence-electron chi connectivity index (χ3n) is 8.80. The Hall–Kier alpha value is -4.57. The van der Waals surface area contributed by atoms with Crippen LogP contribution in [0.15, 0.2) is 53.3 Å². The van der Waals surface area contributed by atoms with Crippen LogP contribution in [0.4, 0.5) is 9.18 Å². The first-order valence-corrected chi connectivity index (χ1v) is 14.0. The van der Waals surface area contributed by atoms with Crippen LogP contribution < -0.4 is 5.56 Å². The lowest BCUT2D eigenvalue weighted by Crippen LogP contribution is -2.45. The topological polar surface area (TPSA) is 111 Å². The van der Waals surface area contributed by atoms with Crippen molar-refractivity contribution < 1.29 is 28.6 Å². The summed E-state index contributed by atoms with van der Waals surface area (Å²) in [7, 11) is 0. The number of halogens is 1. The van der Waals surface area contributed by atoms with Gasteiger partial charge in [0.2, 0.25) is 0 Å². The molecular weight excluding hydrogens is 541 g/mol. The molecule has 9 nitrogen and oxygen atoms in total. The first kappa shape index (κ1) is 26.3. The van der Waals surface area contributed by atoms with Gasteiger partial charge in [-0.15, -0.1) is 0 Å². The lowest BCUT2D eigenvalue weighted by Gasteiger charge is -2.41. The maximum Gasteiger partial charge on any atom is 0.410 e. The van der Waals surface area contributed by atoms with Crippen molar-refractivity contribution in [2.24, 2.45) is 0 Å². The van der Waals surface area contributed by atoms with E-state index >= 15 is 0 Å². The molecule has 214 valence electrons. The van der Waals surface area contributed by atoms with E-state index in [4.69, 9.17) is 14.5 Å². The molecule has 0 spiro atoms. The standard InChI is InChI=1S/C32H28FN3O6/c1-3-32(40)22-12-26-28-20(14-36(26)29(37)21(22)16-41-30(32)38)27(19-11-17(2)23(33)13-24(19)34-28)25-9-10-35(25)31(39)42-15-18-7-5-4-6-8-18/h4-8,11-13,25,40H,3,9-10,14-16H2,1-2H3/t25-,32-/m0/s1. The van der Waals surface area contributed by atoms with Gasteiger partial charge in [-0.25, -0.2) is 19.0 Å². The van der Waals surface area contributed by atoms with Gasteiger partial charge < -0.3 is 24.0 Å². The van der Waals surface area contributed by atoms with Crippen molar-refractivity contribution in [3.05, 3.63) is 98.1 Å². The highest BCUT2D eigenvalue weighted by Crippen LogP contribution is 2.46. The number of aromatic nitrogens is 2. The normalized spacial score (nSPS) is 20.4. The monoisotopic (exact) mass is 569 g/mol. The van der Waals surface area contributed by atoms with E-state index in [1.54, 1.807) is 35.4 Å². The Bertz CT molecular complexity index is 1870. The maximum atomic E-state index is 14.8. The molecule has 10 heteroatoms. The molecule has 3 aliphatic heterocycles. The summed E-state index contributed by atoms with van der Waals surface area (Å²) in [5.41, 5.74) is 2.21. The van der Waals surface area contributed by atoms with Crippen molar-refractivity contribution in [1.29, 1.82) is 0 Å². The first-order valence-electron chi connectivity index (χ1n) is 14.0. The van der Waals surface area contributed by atoms with E-state index in [-0.39, 0.29) is 48.9 Å². The van der Waals surface area contributed by atoms with Crippen LogP contribution in [0.25, 0.3) is 22.3 Å². The van der Waals surface area contributed by atoms with Crippen LogP contribution in [0, 0.1) is 12.7 Å². The maximum absolute atomic E-state index is 14.8. The van der Waals surface area contributed by atoms with E-state index in [2.05, 4.69) is 0 Å². The second-order valence-electron chi connectivity index (χ2n) is 11.1. The van der Waals surface area contributed by atoms with Gasteiger partial charge in [0.15, 0.2) is 5.60 Å². The summed E-state index contributed by atoms with van der Waals surface area (Å²) >= 11 is 0. The molecule has 2 atom stereocenters. The molecule has 1 fully saturated rings. The van der Waals surface area contributed by atoms with Gasteiger partial charge in [-0.1, -0.05) is 37.3 Å². The number of hydrogen-bond acceptors (Lipinski definition) is 7. The molecule has 0 saturated carbocycles. The zero-order chi connectivity index (χ0) is 29.3. The molecule has 5 heterocycles. The second kappa shape index (κ2) is 9.49. The predicted molar refractivity (Wildman–Crippen MR) is 150 cm³/mol. The summed E-state index contributed by atoms with van der Waals surface area (Å²) < 4.78 is 27.2. The van der Waals surface area contributed by atoms with Crippen molar-refractivity contribution >= 4 is 23.0 Å². The molecule has 3 aliphatic rings. The van der Waals surface area contributed by atoms with Gasteiger partial charge in [0.25, 0.3) is 5.56 Å². The molecule has 1 N–H and O–H groups in total. The van der Waals surface area contributed by atoms with Crippen LogP contribution in [0.3, 0.4) is 0 Å². The number of carbonyl (C=O) groups is 2. The number of cyclic esters (lactones) is 1. The average Bonchev–Trinajstić information content (AvgIpc) is 3.33. The van der Waals surface area contributed by atoms with E-state index in [0.717, 1.165) is 16.7 Å². The Kier molecular flexibility index (Phi) is 5.95. The van der Waals surface area contributed by atoms with E-state index < -0.39 is 23.5 Å². The van der Waals surface area contributed by atoms with Gasteiger partial charge in [-0.05, 0) is 48.6 Å². The van der Waals surface area contributed by atoms with Gasteiger partial charge >= 0.3 is 12.1 Å². The summed E-state index contributed by atoms with van der Waals surface area (Å²) in [5.74, 6) is -1.22. The average molecular weight is 570 g/mol. The van der Waals surface area contributed by atoms with Gasteiger partial charge in [-0.3, -0.25) is 4.79 Å². The lowest BCUT2D eigenvalue weighted by atomic mass is 9.85. The fraction of sp³-hybridized carbons (Fsp3) is 0.312. The Morgan fingerprint density at radius 2 is 1.98 bits per heavy atom. The largest absolute Gasteiger partial charge is 0.458 e. The molecule has 0 bridgehead atoms. The molecule has 2 aromatic heterocycles. The number of aryl methyl sites for hydroxylation is 1. The molecule has 0 unspecified atom stereocenters. The summed E-state index contributed by atoms with van der Waals surface area (Å²) in [6, 6.07) is 13.8. The molecular formula is C32H28FN3O6. The van der Waals surface area contributed by atoms with Crippen molar-refractivity contribution in [2.45, 2.75) is 58.1 Å². The minimum atomic E-state index is -1.96. The molecule has 1 amide bonds. The highest BCUT2D eigenvalue weighted by Gasteiger charge is 2.46. The van der Waals surface area contributed by atoms with Gasteiger partial charge in [0, 0.05) is 29.1 Å². The van der Waals surface area contributed by atoms with E-state index in [1.165, 1.54) is 6.07 Å². The minimum Gasteiger partial charge on any atom is -0.458 e. The molecule has 0 aliphatic carbocycles. The summed E-state index contributed by atoms with van der Waals surface area (Å²) in [6.45, 7) is 3.88. The van der Waals surface area contributed by atoms with Crippen molar-refractivity contribution in [3.63, 3.8) is 0 Å². The molecule has 42 heavy (non-hydrogen) atoms. The van der Waals surface area contributed by atoms with Gasteiger partial charge in [-0.2, -0.15) is 0 Å². The fourth-order valence-electron chi connectivity index (χ4n) is 6.33. The third kappa shape index (κ3) is 3.78. The smallest absolute Gasteiger partial charge is 0.410 e. The number of amides is 1. The van der Waals surface area contributed by atoms with E-state index in [1.807, 2.05) is 30.3 Å². The zero-order valence-electron chi connectivity index (χ0n) is 23.1. The summed E-state index contributed by atoms with van der Waals surface area (Å²) in [6.07, 6.45) is 0.221. The molecule has 1 saturated heterocycles. The number of esters is 1. The predicted octanol–water partition coefficient (Wildman–Crippen LogP) is 4.61. The van der Waals surface area contributed by atoms with Crippen LogP contribution in [0.2, 0.25) is 0 Å². The van der Waals surface area contributed by atoms with Crippen molar-refractivity contribution in [1.82, 2.24) is 14.5 Å². The quantitative estimate of drug-likeness (QED) is 0.315. The number of likely N-dealkylation sites (tertiary alicyclic amines) is 1. The highest BCUT2D eigenvalue weighted by atomic mass is 19.1. The SMILES string of the molecule is CC[C@@]1(O)C(=O)OCc2c1cc1n(c2=O)Cc2c-1nc1cc(F)c(C)cc1c2[C@@H]1CCN1C(=O)OCc1ccccc1. The number of carbonyl (C=O) groups excluding carboxylic acids is 2. The number of nitrogens with zero attached hydrogens (tertiary/aromatic N) is 3. The Labute approximate surface area is 240 Å². The first-order chi connectivity index (χ1) is 20.2. The van der Waals surface area contributed by atoms with Crippen LogP contribution in [0.5, 0.6) is 0 Å². The minimum absolute atomic E-state index is 0.0254. The summed E-state index contributed by atoms with van der Waals surface area (Å²) in [5, 5.41) is 11.9. The highest BCUT2D eigenvalue weighted by molar-refractivity contribution is 5.90. The molecule has 7 rings (SSSR count). The molecule has 0 radical (unpaired) electrons. The van der Waals surface area contributed by atoms with E-state index in [0.29, 0.717) is 40.8 Å². The number of ether oxygens (including phenoxy) is 2.